The zero-order valence-corrected chi connectivity index (χ0v) is 9.72. The SMILES string of the molecule is c1cncc(-c2noc(Cc3cccs3)n2)c1. The van der Waals surface area contributed by atoms with E-state index in [1.807, 2.05) is 23.6 Å². The lowest BCUT2D eigenvalue weighted by Crippen LogP contribution is -1.85. The Hall–Kier alpha value is -2.01. The van der Waals surface area contributed by atoms with Crippen LogP contribution in [0, 0.1) is 0 Å². The van der Waals surface area contributed by atoms with Crippen molar-refractivity contribution in [3.63, 3.8) is 0 Å². The third kappa shape index (κ3) is 2.24. The van der Waals surface area contributed by atoms with E-state index in [0.717, 1.165) is 5.56 Å². The summed E-state index contributed by atoms with van der Waals surface area (Å²) in [4.78, 5) is 9.58. The quantitative estimate of drug-likeness (QED) is 0.709. The Bertz CT molecular complexity index is 589. The number of hydrogen-bond acceptors (Lipinski definition) is 5. The maximum absolute atomic E-state index is 5.21. The minimum atomic E-state index is 0.588. The molecule has 0 amide bonds. The summed E-state index contributed by atoms with van der Waals surface area (Å²) in [5.41, 5.74) is 0.869. The number of aromatic nitrogens is 3. The Morgan fingerprint density at radius 2 is 2.24 bits per heavy atom. The Morgan fingerprint density at radius 3 is 3.00 bits per heavy atom. The molecule has 4 nitrogen and oxygen atoms in total. The van der Waals surface area contributed by atoms with Crippen molar-refractivity contribution < 1.29 is 4.52 Å². The number of hydrogen-bond donors (Lipinski definition) is 0. The first-order chi connectivity index (χ1) is 8.42. The van der Waals surface area contributed by atoms with E-state index >= 15 is 0 Å². The molecular weight excluding hydrogens is 234 g/mol. The van der Waals surface area contributed by atoms with Crippen LogP contribution in [0.2, 0.25) is 0 Å². The van der Waals surface area contributed by atoms with Gasteiger partial charge in [0.15, 0.2) is 0 Å². The minimum Gasteiger partial charge on any atom is -0.339 e. The van der Waals surface area contributed by atoms with E-state index in [0.29, 0.717) is 18.1 Å². The van der Waals surface area contributed by atoms with Gasteiger partial charge >= 0.3 is 0 Å². The summed E-state index contributed by atoms with van der Waals surface area (Å²) in [6.07, 6.45) is 4.13. The number of pyridine rings is 1. The predicted octanol–water partition coefficient (Wildman–Crippen LogP) is 2.78. The van der Waals surface area contributed by atoms with Gasteiger partial charge in [0.25, 0.3) is 0 Å². The summed E-state index contributed by atoms with van der Waals surface area (Å²) >= 11 is 1.68. The molecular formula is C12H9N3OS. The van der Waals surface area contributed by atoms with Crippen LogP contribution in [0.1, 0.15) is 10.8 Å². The summed E-state index contributed by atoms with van der Waals surface area (Å²) in [5.74, 6) is 1.22. The van der Waals surface area contributed by atoms with Gasteiger partial charge in [-0.2, -0.15) is 4.98 Å². The molecule has 0 unspecified atom stereocenters. The second kappa shape index (κ2) is 4.47. The highest BCUT2D eigenvalue weighted by atomic mass is 32.1. The molecule has 3 rings (SSSR count). The Balaban J connectivity index is 1.84. The lowest BCUT2D eigenvalue weighted by Gasteiger charge is -1.90. The van der Waals surface area contributed by atoms with Gasteiger partial charge in [0, 0.05) is 22.8 Å². The zero-order chi connectivity index (χ0) is 11.5. The molecule has 17 heavy (non-hydrogen) atoms. The molecule has 0 radical (unpaired) electrons. The molecule has 0 fully saturated rings. The summed E-state index contributed by atoms with van der Waals surface area (Å²) in [7, 11) is 0. The topological polar surface area (TPSA) is 51.8 Å². The van der Waals surface area contributed by atoms with E-state index in [9.17, 15) is 0 Å². The summed E-state index contributed by atoms with van der Waals surface area (Å²) in [6.45, 7) is 0. The zero-order valence-electron chi connectivity index (χ0n) is 8.91. The molecule has 5 heteroatoms. The number of nitrogens with zero attached hydrogens (tertiary/aromatic N) is 3. The third-order valence-corrected chi connectivity index (χ3v) is 3.17. The predicted molar refractivity (Wildman–Crippen MR) is 64.7 cm³/mol. The number of thiophene rings is 1. The highest BCUT2D eigenvalue weighted by Crippen LogP contribution is 2.17. The van der Waals surface area contributed by atoms with Gasteiger partial charge in [-0.25, -0.2) is 0 Å². The second-order valence-corrected chi connectivity index (χ2v) is 4.54. The largest absolute Gasteiger partial charge is 0.339 e. The Kier molecular flexibility index (Phi) is 2.67. The van der Waals surface area contributed by atoms with Crippen LogP contribution in [0.15, 0.2) is 46.6 Å². The standard InChI is InChI=1S/C12H9N3OS/c1-3-9(8-13-5-1)12-14-11(16-15-12)7-10-4-2-6-17-10/h1-6,8H,7H2. The molecule has 0 saturated heterocycles. The normalized spacial score (nSPS) is 10.6. The van der Waals surface area contributed by atoms with Gasteiger partial charge < -0.3 is 4.52 Å². The van der Waals surface area contributed by atoms with Gasteiger partial charge in [-0.1, -0.05) is 11.2 Å². The van der Waals surface area contributed by atoms with Crippen LogP contribution in [0.3, 0.4) is 0 Å². The van der Waals surface area contributed by atoms with Crippen molar-refractivity contribution in [2.75, 3.05) is 0 Å². The third-order valence-electron chi connectivity index (χ3n) is 2.29. The van der Waals surface area contributed by atoms with Crippen molar-refractivity contribution in [3.05, 3.63) is 52.8 Å². The van der Waals surface area contributed by atoms with Crippen LogP contribution in [0.5, 0.6) is 0 Å². The van der Waals surface area contributed by atoms with Crippen molar-refractivity contribution >= 4 is 11.3 Å². The molecule has 0 aliphatic heterocycles. The molecule has 0 N–H and O–H groups in total. The van der Waals surface area contributed by atoms with Gasteiger partial charge in [-0.15, -0.1) is 11.3 Å². The molecule has 0 aromatic carbocycles. The smallest absolute Gasteiger partial charge is 0.232 e. The lowest BCUT2D eigenvalue weighted by molar-refractivity contribution is 0.386. The maximum atomic E-state index is 5.21. The van der Waals surface area contributed by atoms with Crippen molar-refractivity contribution in [2.45, 2.75) is 6.42 Å². The molecule has 0 aliphatic rings. The molecule has 0 saturated carbocycles. The van der Waals surface area contributed by atoms with Crippen molar-refractivity contribution in [1.82, 2.24) is 15.1 Å². The van der Waals surface area contributed by atoms with Gasteiger partial charge in [0.1, 0.15) is 0 Å². The molecule has 0 spiro atoms. The lowest BCUT2D eigenvalue weighted by atomic mass is 10.3. The molecule has 3 heterocycles. The highest BCUT2D eigenvalue weighted by Gasteiger charge is 2.09. The fraction of sp³-hybridized carbons (Fsp3) is 0.0833. The van der Waals surface area contributed by atoms with Crippen LogP contribution >= 0.6 is 11.3 Å². The average molecular weight is 243 g/mol. The van der Waals surface area contributed by atoms with E-state index in [-0.39, 0.29) is 0 Å². The van der Waals surface area contributed by atoms with E-state index in [1.54, 1.807) is 23.7 Å². The van der Waals surface area contributed by atoms with Crippen molar-refractivity contribution in [2.24, 2.45) is 0 Å². The first-order valence-electron chi connectivity index (χ1n) is 5.17. The first kappa shape index (κ1) is 10.2. The molecule has 3 aromatic rings. The molecule has 0 aliphatic carbocycles. The summed E-state index contributed by atoms with van der Waals surface area (Å²) in [5, 5.41) is 5.98. The first-order valence-corrected chi connectivity index (χ1v) is 6.05. The fourth-order valence-corrected chi connectivity index (χ4v) is 2.20. The van der Waals surface area contributed by atoms with E-state index in [1.165, 1.54) is 4.88 Å². The molecule has 0 atom stereocenters. The van der Waals surface area contributed by atoms with Gasteiger partial charge in [0.2, 0.25) is 11.7 Å². The van der Waals surface area contributed by atoms with E-state index in [2.05, 4.69) is 21.2 Å². The van der Waals surface area contributed by atoms with Crippen molar-refractivity contribution in [1.29, 1.82) is 0 Å². The van der Waals surface area contributed by atoms with Crippen LogP contribution in [-0.4, -0.2) is 15.1 Å². The van der Waals surface area contributed by atoms with E-state index < -0.39 is 0 Å². The molecule has 3 aromatic heterocycles. The minimum absolute atomic E-state index is 0.588. The van der Waals surface area contributed by atoms with Gasteiger partial charge in [-0.3, -0.25) is 4.98 Å². The summed E-state index contributed by atoms with van der Waals surface area (Å²) in [6, 6.07) is 7.83. The van der Waals surface area contributed by atoms with Gasteiger partial charge in [-0.05, 0) is 23.6 Å². The average Bonchev–Trinajstić information content (AvgIpc) is 3.02. The Labute approximate surface area is 102 Å². The number of rotatable bonds is 3. The van der Waals surface area contributed by atoms with Crippen LogP contribution in [0.4, 0.5) is 0 Å². The Morgan fingerprint density at radius 1 is 1.24 bits per heavy atom. The molecule has 0 bridgehead atoms. The summed E-state index contributed by atoms with van der Waals surface area (Å²) < 4.78 is 5.21. The van der Waals surface area contributed by atoms with Crippen LogP contribution in [-0.2, 0) is 6.42 Å². The monoisotopic (exact) mass is 243 g/mol. The van der Waals surface area contributed by atoms with Gasteiger partial charge in [0.05, 0.1) is 6.42 Å². The van der Waals surface area contributed by atoms with Crippen molar-refractivity contribution in [3.8, 4) is 11.4 Å². The highest BCUT2D eigenvalue weighted by molar-refractivity contribution is 7.09. The van der Waals surface area contributed by atoms with E-state index in [4.69, 9.17) is 4.52 Å². The second-order valence-electron chi connectivity index (χ2n) is 3.51. The fourth-order valence-electron chi connectivity index (χ4n) is 1.50. The van der Waals surface area contributed by atoms with Crippen LogP contribution < -0.4 is 0 Å². The van der Waals surface area contributed by atoms with Crippen LogP contribution in [0.25, 0.3) is 11.4 Å². The molecule has 84 valence electrons. The maximum Gasteiger partial charge on any atom is 0.232 e.